The molecule has 0 aliphatic rings. The van der Waals surface area contributed by atoms with E-state index in [1.54, 1.807) is 38.2 Å². The van der Waals surface area contributed by atoms with Crippen molar-refractivity contribution in [3.05, 3.63) is 65.2 Å². The molecule has 1 atom stereocenters. The SMILES string of the molecule is CNC(=O)c1cccc(NC(C)c2cc(F)ccc2F)c1. The summed E-state index contributed by atoms with van der Waals surface area (Å²) < 4.78 is 26.9. The predicted molar refractivity (Wildman–Crippen MR) is 78.2 cm³/mol. The molecule has 0 aliphatic carbocycles. The molecule has 0 saturated carbocycles. The number of halogens is 2. The van der Waals surface area contributed by atoms with Crippen LogP contribution in [0, 0.1) is 11.6 Å². The van der Waals surface area contributed by atoms with Crippen LogP contribution in [0.3, 0.4) is 0 Å². The number of amides is 1. The fourth-order valence-electron chi connectivity index (χ4n) is 2.07. The molecule has 0 heterocycles. The first kappa shape index (κ1) is 15.0. The standard InChI is InChI=1S/C16H16F2N2O/c1-10(14-9-12(17)6-7-15(14)18)20-13-5-3-4-11(8-13)16(21)19-2/h3-10,20H,1-2H3,(H,19,21). The number of nitrogens with one attached hydrogen (secondary N) is 2. The highest BCUT2D eigenvalue weighted by Gasteiger charge is 2.12. The van der Waals surface area contributed by atoms with Gasteiger partial charge >= 0.3 is 0 Å². The lowest BCUT2D eigenvalue weighted by Gasteiger charge is -2.17. The summed E-state index contributed by atoms with van der Waals surface area (Å²) in [4.78, 5) is 11.6. The van der Waals surface area contributed by atoms with Gasteiger partial charge in [0, 0.05) is 23.9 Å². The average Bonchev–Trinajstić information content (AvgIpc) is 2.49. The van der Waals surface area contributed by atoms with E-state index in [2.05, 4.69) is 10.6 Å². The van der Waals surface area contributed by atoms with Gasteiger partial charge in [0.2, 0.25) is 0 Å². The molecule has 0 spiro atoms. The first-order chi connectivity index (χ1) is 10.0. The van der Waals surface area contributed by atoms with Gasteiger partial charge in [-0.3, -0.25) is 4.79 Å². The number of hydrogen-bond donors (Lipinski definition) is 2. The molecule has 2 aromatic carbocycles. The molecule has 0 aromatic heterocycles. The summed E-state index contributed by atoms with van der Waals surface area (Å²) in [5, 5.41) is 5.59. The summed E-state index contributed by atoms with van der Waals surface area (Å²) in [6.07, 6.45) is 0. The lowest BCUT2D eigenvalue weighted by molar-refractivity contribution is 0.0963. The molecule has 5 heteroatoms. The third kappa shape index (κ3) is 3.56. The smallest absolute Gasteiger partial charge is 0.251 e. The Morgan fingerprint density at radius 2 is 1.90 bits per heavy atom. The minimum absolute atomic E-state index is 0.205. The molecule has 0 aliphatic heterocycles. The van der Waals surface area contributed by atoms with E-state index in [0.29, 0.717) is 11.3 Å². The second-order valence-electron chi connectivity index (χ2n) is 4.69. The van der Waals surface area contributed by atoms with E-state index in [1.165, 1.54) is 0 Å². The molecule has 1 amide bonds. The second kappa shape index (κ2) is 6.35. The molecule has 0 radical (unpaired) electrons. The lowest BCUT2D eigenvalue weighted by Crippen LogP contribution is -2.18. The van der Waals surface area contributed by atoms with Crippen molar-refractivity contribution in [1.29, 1.82) is 0 Å². The van der Waals surface area contributed by atoms with E-state index in [4.69, 9.17) is 0 Å². The van der Waals surface area contributed by atoms with Gasteiger partial charge in [-0.05, 0) is 43.3 Å². The molecule has 2 rings (SSSR count). The molecule has 3 nitrogen and oxygen atoms in total. The molecule has 110 valence electrons. The van der Waals surface area contributed by atoms with Gasteiger partial charge in [-0.2, -0.15) is 0 Å². The topological polar surface area (TPSA) is 41.1 Å². The maximum atomic E-state index is 13.7. The fraction of sp³-hybridized carbons (Fsp3) is 0.188. The van der Waals surface area contributed by atoms with Crippen molar-refractivity contribution in [2.45, 2.75) is 13.0 Å². The van der Waals surface area contributed by atoms with Crippen molar-refractivity contribution in [2.24, 2.45) is 0 Å². The third-order valence-corrected chi connectivity index (χ3v) is 3.16. The van der Waals surface area contributed by atoms with Gasteiger partial charge in [0.15, 0.2) is 0 Å². The molecule has 1 unspecified atom stereocenters. The van der Waals surface area contributed by atoms with Crippen LogP contribution >= 0.6 is 0 Å². The Labute approximate surface area is 122 Å². The number of benzene rings is 2. The molecular formula is C16H16F2N2O. The van der Waals surface area contributed by atoms with Crippen LogP contribution in [0.15, 0.2) is 42.5 Å². The van der Waals surface area contributed by atoms with E-state index >= 15 is 0 Å². The number of carbonyl (C=O) groups is 1. The molecule has 21 heavy (non-hydrogen) atoms. The molecule has 2 N–H and O–H groups in total. The van der Waals surface area contributed by atoms with Crippen molar-refractivity contribution in [3.8, 4) is 0 Å². The summed E-state index contributed by atoms with van der Waals surface area (Å²) in [5.41, 5.74) is 1.39. The van der Waals surface area contributed by atoms with Crippen molar-refractivity contribution >= 4 is 11.6 Å². The highest BCUT2D eigenvalue weighted by Crippen LogP contribution is 2.23. The highest BCUT2D eigenvalue weighted by atomic mass is 19.1. The first-order valence-electron chi connectivity index (χ1n) is 6.55. The highest BCUT2D eigenvalue weighted by molar-refractivity contribution is 5.94. The van der Waals surface area contributed by atoms with Crippen molar-refractivity contribution in [3.63, 3.8) is 0 Å². The average molecular weight is 290 g/mol. The van der Waals surface area contributed by atoms with Gasteiger partial charge in [0.05, 0.1) is 6.04 Å². The molecule has 2 aromatic rings. The van der Waals surface area contributed by atoms with Crippen LogP contribution in [0.25, 0.3) is 0 Å². The molecule has 0 saturated heterocycles. The van der Waals surface area contributed by atoms with Gasteiger partial charge in [-0.1, -0.05) is 6.07 Å². The number of anilines is 1. The van der Waals surface area contributed by atoms with E-state index < -0.39 is 17.7 Å². The van der Waals surface area contributed by atoms with Crippen LogP contribution in [-0.2, 0) is 0 Å². The monoisotopic (exact) mass is 290 g/mol. The number of rotatable bonds is 4. The van der Waals surface area contributed by atoms with Crippen LogP contribution in [0.4, 0.5) is 14.5 Å². The Morgan fingerprint density at radius 1 is 1.14 bits per heavy atom. The van der Waals surface area contributed by atoms with E-state index in [1.807, 2.05) is 0 Å². The van der Waals surface area contributed by atoms with Gasteiger partial charge < -0.3 is 10.6 Å². The molecule has 0 fully saturated rings. The minimum Gasteiger partial charge on any atom is -0.378 e. The molecule has 0 bridgehead atoms. The molecular weight excluding hydrogens is 274 g/mol. The number of hydrogen-bond acceptors (Lipinski definition) is 2. The normalized spacial score (nSPS) is 11.8. The van der Waals surface area contributed by atoms with E-state index in [-0.39, 0.29) is 11.5 Å². The van der Waals surface area contributed by atoms with E-state index in [0.717, 1.165) is 18.2 Å². The zero-order chi connectivity index (χ0) is 15.4. The third-order valence-electron chi connectivity index (χ3n) is 3.16. The van der Waals surface area contributed by atoms with Gasteiger partial charge in [-0.15, -0.1) is 0 Å². The van der Waals surface area contributed by atoms with Crippen molar-refractivity contribution in [1.82, 2.24) is 5.32 Å². The van der Waals surface area contributed by atoms with E-state index in [9.17, 15) is 13.6 Å². The quantitative estimate of drug-likeness (QED) is 0.905. The van der Waals surface area contributed by atoms with Gasteiger partial charge in [-0.25, -0.2) is 8.78 Å². The zero-order valence-electron chi connectivity index (χ0n) is 11.8. The maximum absolute atomic E-state index is 13.7. The van der Waals surface area contributed by atoms with Crippen molar-refractivity contribution < 1.29 is 13.6 Å². The van der Waals surface area contributed by atoms with Crippen LogP contribution in [0.1, 0.15) is 28.9 Å². The Hall–Kier alpha value is -2.43. The number of carbonyl (C=O) groups excluding carboxylic acids is 1. The van der Waals surface area contributed by atoms with Crippen molar-refractivity contribution in [2.75, 3.05) is 12.4 Å². The first-order valence-corrected chi connectivity index (χ1v) is 6.55. The largest absolute Gasteiger partial charge is 0.378 e. The lowest BCUT2D eigenvalue weighted by atomic mass is 10.1. The summed E-state index contributed by atoms with van der Waals surface area (Å²) in [7, 11) is 1.55. The van der Waals surface area contributed by atoms with Gasteiger partial charge in [0.1, 0.15) is 11.6 Å². The van der Waals surface area contributed by atoms with Crippen LogP contribution < -0.4 is 10.6 Å². The van der Waals surface area contributed by atoms with Gasteiger partial charge in [0.25, 0.3) is 5.91 Å². The minimum atomic E-state index is -0.487. The second-order valence-corrected chi connectivity index (χ2v) is 4.69. The summed E-state index contributed by atoms with van der Waals surface area (Å²) in [5.74, 6) is -1.17. The maximum Gasteiger partial charge on any atom is 0.251 e. The summed E-state index contributed by atoms with van der Waals surface area (Å²) in [6.45, 7) is 1.73. The van der Waals surface area contributed by atoms with Crippen LogP contribution in [-0.4, -0.2) is 13.0 Å². The zero-order valence-corrected chi connectivity index (χ0v) is 11.8. The summed E-state index contributed by atoms with van der Waals surface area (Å²) in [6, 6.07) is 9.74. The Morgan fingerprint density at radius 3 is 2.62 bits per heavy atom. The summed E-state index contributed by atoms with van der Waals surface area (Å²) >= 11 is 0. The van der Waals surface area contributed by atoms with Crippen LogP contribution in [0.5, 0.6) is 0 Å². The Balaban J connectivity index is 2.21. The Kier molecular flexibility index (Phi) is 4.52. The Bertz CT molecular complexity index is 658. The fourth-order valence-corrected chi connectivity index (χ4v) is 2.07. The predicted octanol–water partition coefficient (Wildman–Crippen LogP) is 3.50. The van der Waals surface area contributed by atoms with Crippen LogP contribution in [0.2, 0.25) is 0 Å².